The maximum Gasteiger partial charge on any atom is 0.141 e. The molecule has 1 aromatic rings. The highest BCUT2D eigenvalue weighted by Crippen LogP contribution is 1.96. The molecule has 0 saturated carbocycles. The van der Waals surface area contributed by atoms with Crippen molar-refractivity contribution in [1.29, 1.82) is 5.26 Å². The van der Waals surface area contributed by atoms with Gasteiger partial charge in [-0.15, -0.1) is 0 Å². The van der Waals surface area contributed by atoms with E-state index >= 15 is 0 Å². The number of aromatic nitrogens is 1. The summed E-state index contributed by atoms with van der Waals surface area (Å²) in [7, 11) is 0. The number of aliphatic hydroxyl groups excluding tert-OH is 1. The third-order valence-corrected chi connectivity index (χ3v) is 1.27. The number of nitriles is 1. The fraction of sp³-hybridized carbons (Fsp3) is 0.200. The van der Waals surface area contributed by atoms with E-state index in [-0.39, 0.29) is 0 Å². The first-order valence-electron chi connectivity index (χ1n) is 3.79. The van der Waals surface area contributed by atoms with E-state index in [1.807, 2.05) is 6.07 Å². The Morgan fingerprint density at radius 3 is 2.77 bits per heavy atom. The largest absolute Gasteiger partial charge is 0.381 e. The highest BCUT2D eigenvalue weighted by Gasteiger charge is 1.92. The number of hydrogen-bond acceptors (Lipinski definition) is 3. The van der Waals surface area contributed by atoms with Gasteiger partial charge in [0.05, 0.1) is 0 Å². The van der Waals surface area contributed by atoms with Gasteiger partial charge in [0.15, 0.2) is 0 Å². The molecule has 1 aromatic heterocycles. The average molecular weight is 172 g/mol. The first kappa shape index (κ1) is 9.25. The number of pyridine rings is 1. The second-order valence-corrected chi connectivity index (χ2v) is 2.47. The molecule has 0 aromatic carbocycles. The van der Waals surface area contributed by atoms with Crippen molar-refractivity contribution in [3.05, 3.63) is 29.6 Å². The molecule has 0 aliphatic rings. The molecule has 0 radical (unpaired) electrons. The SMILES string of the molecule is C[C@@H](O)C#Cc1cccc(C#N)n1. The molecule has 1 rings (SSSR count). The Bertz CT molecular complexity index is 393. The van der Waals surface area contributed by atoms with Gasteiger partial charge in [-0.25, -0.2) is 4.98 Å². The van der Waals surface area contributed by atoms with Crippen LogP contribution in [0.1, 0.15) is 18.3 Å². The van der Waals surface area contributed by atoms with Crippen LogP contribution in [-0.2, 0) is 0 Å². The lowest BCUT2D eigenvalue weighted by molar-refractivity contribution is 0.253. The van der Waals surface area contributed by atoms with Crippen LogP contribution in [0.15, 0.2) is 18.2 Å². The predicted octanol–water partition coefficient (Wildman–Crippen LogP) is 0.686. The summed E-state index contributed by atoms with van der Waals surface area (Å²) in [5, 5.41) is 17.4. The first-order valence-corrected chi connectivity index (χ1v) is 3.79. The van der Waals surface area contributed by atoms with Gasteiger partial charge in [-0.1, -0.05) is 12.0 Å². The number of hydrogen-bond donors (Lipinski definition) is 1. The van der Waals surface area contributed by atoms with E-state index in [4.69, 9.17) is 10.4 Å². The quantitative estimate of drug-likeness (QED) is 0.585. The minimum absolute atomic E-state index is 0.331. The van der Waals surface area contributed by atoms with E-state index in [0.29, 0.717) is 11.4 Å². The predicted molar refractivity (Wildman–Crippen MR) is 47.5 cm³/mol. The van der Waals surface area contributed by atoms with E-state index in [1.165, 1.54) is 0 Å². The molecule has 64 valence electrons. The van der Waals surface area contributed by atoms with Gasteiger partial charge in [-0.2, -0.15) is 5.26 Å². The lowest BCUT2D eigenvalue weighted by atomic mass is 10.3. The van der Waals surface area contributed by atoms with Crippen molar-refractivity contribution in [3.8, 4) is 17.9 Å². The Hall–Kier alpha value is -1.84. The topological polar surface area (TPSA) is 56.9 Å². The number of aliphatic hydroxyl groups is 1. The fourth-order valence-corrected chi connectivity index (χ4v) is 0.745. The van der Waals surface area contributed by atoms with Crippen LogP contribution in [0.25, 0.3) is 0 Å². The van der Waals surface area contributed by atoms with Crippen LogP contribution in [0, 0.1) is 23.2 Å². The third-order valence-electron chi connectivity index (χ3n) is 1.27. The van der Waals surface area contributed by atoms with E-state index in [2.05, 4.69) is 16.8 Å². The first-order chi connectivity index (χ1) is 6.22. The minimum Gasteiger partial charge on any atom is -0.381 e. The molecule has 3 nitrogen and oxygen atoms in total. The van der Waals surface area contributed by atoms with Gasteiger partial charge < -0.3 is 5.11 Å². The molecule has 0 aliphatic carbocycles. The molecule has 0 spiro atoms. The van der Waals surface area contributed by atoms with Crippen molar-refractivity contribution in [1.82, 2.24) is 4.98 Å². The van der Waals surface area contributed by atoms with Crippen molar-refractivity contribution in [3.63, 3.8) is 0 Å². The molecular formula is C10H8N2O. The summed E-state index contributed by atoms with van der Waals surface area (Å²) in [5.41, 5.74) is 0.831. The summed E-state index contributed by atoms with van der Waals surface area (Å²) in [6.45, 7) is 1.57. The van der Waals surface area contributed by atoms with Gasteiger partial charge in [0.1, 0.15) is 23.6 Å². The summed E-state index contributed by atoms with van der Waals surface area (Å²) in [6.07, 6.45) is -0.674. The summed E-state index contributed by atoms with van der Waals surface area (Å²) in [5.74, 6) is 5.20. The molecular weight excluding hydrogens is 164 g/mol. The Morgan fingerprint density at radius 1 is 1.46 bits per heavy atom. The zero-order chi connectivity index (χ0) is 9.68. The van der Waals surface area contributed by atoms with Crippen LogP contribution in [0.2, 0.25) is 0 Å². The van der Waals surface area contributed by atoms with Crippen LogP contribution in [0.4, 0.5) is 0 Å². The summed E-state index contributed by atoms with van der Waals surface area (Å²) in [4.78, 5) is 3.92. The Balaban J connectivity index is 2.93. The normalized spacial score (nSPS) is 10.8. The van der Waals surface area contributed by atoms with Gasteiger partial charge in [-0.05, 0) is 25.0 Å². The smallest absolute Gasteiger partial charge is 0.141 e. The molecule has 0 fully saturated rings. The maximum atomic E-state index is 8.87. The van der Waals surface area contributed by atoms with Gasteiger partial charge >= 0.3 is 0 Å². The number of nitrogens with zero attached hydrogens (tertiary/aromatic N) is 2. The average Bonchev–Trinajstić information content (AvgIpc) is 2.15. The van der Waals surface area contributed by atoms with Gasteiger partial charge in [0.25, 0.3) is 0 Å². The van der Waals surface area contributed by atoms with Crippen LogP contribution in [0.5, 0.6) is 0 Å². The fourth-order valence-electron chi connectivity index (χ4n) is 0.745. The second kappa shape index (κ2) is 4.25. The monoisotopic (exact) mass is 172 g/mol. The molecule has 0 aliphatic heterocycles. The van der Waals surface area contributed by atoms with E-state index < -0.39 is 6.10 Å². The molecule has 3 heteroatoms. The highest BCUT2D eigenvalue weighted by atomic mass is 16.3. The highest BCUT2D eigenvalue weighted by molar-refractivity contribution is 5.32. The van der Waals surface area contributed by atoms with Gasteiger partial charge in [-0.3, -0.25) is 0 Å². The molecule has 1 N–H and O–H groups in total. The van der Waals surface area contributed by atoms with E-state index in [1.54, 1.807) is 25.1 Å². The van der Waals surface area contributed by atoms with Crippen molar-refractivity contribution in [2.45, 2.75) is 13.0 Å². The third kappa shape index (κ3) is 2.94. The van der Waals surface area contributed by atoms with E-state index in [0.717, 1.165) is 0 Å². The van der Waals surface area contributed by atoms with Crippen LogP contribution in [-0.4, -0.2) is 16.2 Å². The zero-order valence-electron chi connectivity index (χ0n) is 7.15. The summed E-state index contributed by atoms with van der Waals surface area (Å²) >= 11 is 0. The summed E-state index contributed by atoms with van der Waals surface area (Å²) in [6, 6.07) is 6.91. The Kier molecular flexibility index (Phi) is 3.03. The van der Waals surface area contributed by atoms with Crippen LogP contribution < -0.4 is 0 Å². The van der Waals surface area contributed by atoms with Crippen LogP contribution in [0.3, 0.4) is 0 Å². The van der Waals surface area contributed by atoms with Crippen molar-refractivity contribution in [2.75, 3.05) is 0 Å². The second-order valence-electron chi connectivity index (χ2n) is 2.47. The Labute approximate surface area is 76.7 Å². The molecule has 0 unspecified atom stereocenters. The zero-order valence-corrected chi connectivity index (χ0v) is 7.15. The molecule has 1 heterocycles. The minimum atomic E-state index is -0.674. The van der Waals surface area contributed by atoms with Crippen molar-refractivity contribution in [2.24, 2.45) is 0 Å². The Morgan fingerprint density at radius 2 is 2.15 bits per heavy atom. The molecule has 0 bridgehead atoms. The van der Waals surface area contributed by atoms with Crippen LogP contribution >= 0.6 is 0 Å². The van der Waals surface area contributed by atoms with Gasteiger partial charge in [0.2, 0.25) is 0 Å². The molecule has 13 heavy (non-hydrogen) atoms. The molecule has 0 saturated heterocycles. The standard InChI is InChI=1S/C10H8N2O/c1-8(13)5-6-9-3-2-4-10(7-11)12-9/h2-4,8,13H,1H3/t8-/m1/s1. The van der Waals surface area contributed by atoms with Gasteiger partial charge in [0, 0.05) is 0 Å². The lowest BCUT2D eigenvalue weighted by Gasteiger charge is -1.90. The maximum absolute atomic E-state index is 8.87. The molecule has 0 amide bonds. The molecule has 1 atom stereocenters. The summed E-state index contributed by atoms with van der Waals surface area (Å²) < 4.78 is 0. The number of rotatable bonds is 0. The van der Waals surface area contributed by atoms with Crippen molar-refractivity contribution < 1.29 is 5.11 Å². The van der Waals surface area contributed by atoms with E-state index in [9.17, 15) is 0 Å². The lowest BCUT2D eigenvalue weighted by Crippen LogP contribution is -1.93. The van der Waals surface area contributed by atoms with Crippen molar-refractivity contribution >= 4 is 0 Å².